The second-order valence-electron chi connectivity index (χ2n) is 5.44. The first-order valence-electron chi connectivity index (χ1n) is 6.59. The van der Waals surface area contributed by atoms with E-state index in [0.29, 0.717) is 6.04 Å². The van der Waals surface area contributed by atoms with Crippen molar-refractivity contribution in [2.75, 3.05) is 46.4 Å². The molecule has 92 valence electrons. The van der Waals surface area contributed by atoms with Crippen LogP contribution in [0.2, 0.25) is 0 Å². The molecule has 3 aliphatic rings. The third-order valence-corrected chi connectivity index (χ3v) is 4.55. The monoisotopic (exact) mass is 225 g/mol. The van der Waals surface area contributed by atoms with Crippen LogP contribution in [0.1, 0.15) is 12.8 Å². The lowest BCUT2D eigenvalue weighted by Crippen LogP contribution is -2.61. The summed E-state index contributed by atoms with van der Waals surface area (Å²) in [6.45, 7) is 6.88. The molecule has 0 radical (unpaired) electrons. The van der Waals surface area contributed by atoms with Gasteiger partial charge in [0.1, 0.15) is 0 Å². The number of nitrogens with zero attached hydrogens (tertiary/aromatic N) is 2. The third kappa shape index (κ3) is 1.99. The van der Waals surface area contributed by atoms with Crippen LogP contribution < -0.4 is 5.32 Å². The van der Waals surface area contributed by atoms with Crippen molar-refractivity contribution in [3.05, 3.63) is 0 Å². The molecule has 3 rings (SSSR count). The molecule has 4 nitrogen and oxygen atoms in total. The van der Waals surface area contributed by atoms with Crippen LogP contribution >= 0.6 is 0 Å². The molecule has 1 N–H and O–H groups in total. The number of nitrogens with one attached hydrogen (secondary N) is 1. The Kier molecular flexibility index (Phi) is 3.16. The lowest BCUT2D eigenvalue weighted by atomic mass is 9.98. The fourth-order valence-electron chi connectivity index (χ4n) is 2.95. The highest BCUT2D eigenvalue weighted by atomic mass is 16.5. The smallest absolute Gasteiger partial charge is 0.0645 e. The minimum absolute atomic E-state index is 0.696. The number of rotatable bonds is 3. The minimum atomic E-state index is 0.696. The molecule has 0 aliphatic carbocycles. The molecule has 3 heterocycles. The molecule has 0 bridgehead atoms. The second-order valence-corrected chi connectivity index (χ2v) is 5.44. The molecule has 0 aromatic heterocycles. The molecule has 16 heavy (non-hydrogen) atoms. The van der Waals surface area contributed by atoms with E-state index < -0.39 is 0 Å². The fraction of sp³-hybridized carbons (Fsp3) is 1.00. The average molecular weight is 225 g/mol. The van der Waals surface area contributed by atoms with Crippen molar-refractivity contribution >= 4 is 0 Å². The Morgan fingerprint density at radius 3 is 2.25 bits per heavy atom. The minimum Gasteiger partial charge on any atom is -0.378 e. The summed E-state index contributed by atoms with van der Waals surface area (Å²) >= 11 is 0. The maximum atomic E-state index is 5.27. The zero-order valence-corrected chi connectivity index (χ0v) is 10.2. The van der Waals surface area contributed by atoms with Crippen molar-refractivity contribution in [2.45, 2.75) is 31.0 Å². The van der Waals surface area contributed by atoms with Crippen LogP contribution in [0.5, 0.6) is 0 Å². The van der Waals surface area contributed by atoms with Gasteiger partial charge in [0.05, 0.1) is 19.3 Å². The lowest BCUT2D eigenvalue weighted by Gasteiger charge is -2.46. The van der Waals surface area contributed by atoms with Crippen LogP contribution in [0.15, 0.2) is 0 Å². The first kappa shape index (κ1) is 11.0. The molecular formula is C12H23N3O. The molecule has 0 aromatic carbocycles. The Hall–Kier alpha value is -0.160. The Labute approximate surface area is 97.9 Å². The Morgan fingerprint density at radius 1 is 1.12 bits per heavy atom. The van der Waals surface area contributed by atoms with E-state index in [1.54, 1.807) is 0 Å². The summed E-state index contributed by atoms with van der Waals surface area (Å²) in [4.78, 5) is 5.22. The van der Waals surface area contributed by atoms with Crippen LogP contribution in [0.4, 0.5) is 0 Å². The van der Waals surface area contributed by atoms with Gasteiger partial charge < -0.3 is 10.1 Å². The van der Waals surface area contributed by atoms with Gasteiger partial charge in [0.25, 0.3) is 0 Å². The summed E-state index contributed by atoms with van der Waals surface area (Å²) in [6, 6.07) is 2.32. The number of likely N-dealkylation sites (tertiary alicyclic amines) is 1. The van der Waals surface area contributed by atoms with Crippen molar-refractivity contribution in [3.8, 4) is 0 Å². The molecule has 4 heteroatoms. The number of hydrogen-bond acceptors (Lipinski definition) is 4. The van der Waals surface area contributed by atoms with Gasteiger partial charge in [-0.15, -0.1) is 0 Å². The van der Waals surface area contributed by atoms with Crippen molar-refractivity contribution in [1.29, 1.82) is 0 Å². The van der Waals surface area contributed by atoms with Gasteiger partial charge in [-0.05, 0) is 19.9 Å². The quantitative estimate of drug-likeness (QED) is 0.717. The molecular weight excluding hydrogens is 202 g/mol. The van der Waals surface area contributed by atoms with Gasteiger partial charge in [-0.2, -0.15) is 0 Å². The van der Waals surface area contributed by atoms with Gasteiger partial charge in [0.15, 0.2) is 0 Å². The summed E-state index contributed by atoms with van der Waals surface area (Å²) in [5.41, 5.74) is 0. The zero-order valence-electron chi connectivity index (χ0n) is 10.2. The van der Waals surface area contributed by atoms with Gasteiger partial charge in [-0.3, -0.25) is 9.80 Å². The predicted molar refractivity (Wildman–Crippen MR) is 63.6 cm³/mol. The van der Waals surface area contributed by atoms with E-state index in [1.807, 2.05) is 0 Å². The maximum absolute atomic E-state index is 5.27. The Balaban J connectivity index is 1.45. The van der Waals surface area contributed by atoms with Gasteiger partial charge in [0.2, 0.25) is 0 Å². The highest BCUT2D eigenvalue weighted by Crippen LogP contribution is 2.22. The molecule has 3 aliphatic heterocycles. The van der Waals surface area contributed by atoms with E-state index in [0.717, 1.165) is 25.3 Å². The SMILES string of the molecule is CN(C1CCN(C2CNC2)CC1)C1COC1. The largest absolute Gasteiger partial charge is 0.378 e. The van der Waals surface area contributed by atoms with Crippen LogP contribution in [0.25, 0.3) is 0 Å². The number of hydrogen-bond donors (Lipinski definition) is 1. The van der Waals surface area contributed by atoms with E-state index >= 15 is 0 Å². The zero-order chi connectivity index (χ0) is 11.0. The third-order valence-electron chi connectivity index (χ3n) is 4.55. The maximum Gasteiger partial charge on any atom is 0.0645 e. The van der Waals surface area contributed by atoms with Gasteiger partial charge in [-0.1, -0.05) is 0 Å². The number of likely N-dealkylation sites (N-methyl/N-ethyl adjacent to an activating group) is 1. The topological polar surface area (TPSA) is 27.7 Å². The number of ether oxygens (including phenoxy) is 1. The first-order valence-corrected chi connectivity index (χ1v) is 6.59. The van der Waals surface area contributed by atoms with Gasteiger partial charge >= 0.3 is 0 Å². The summed E-state index contributed by atoms with van der Waals surface area (Å²) in [5.74, 6) is 0. The lowest BCUT2D eigenvalue weighted by molar-refractivity contribution is -0.0779. The van der Waals surface area contributed by atoms with Crippen LogP contribution in [-0.4, -0.2) is 74.4 Å². The molecule has 0 saturated carbocycles. The molecule has 0 spiro atoms. The summed E-state index contributed by atoms with van der Waals surface area (Å²) in [5, 5.41) is 3.36. The van der Waals surface area contributed by atoms with Crippen molar-refractivity contribution in [2.24, 2.45) is 0 Å². The van der Waals surface area contributed by atoms with E-state index in [4.69, 9.17) is 4.74 Å². The normalized spacial score (nSPS) is 30.4. The molecule has 0 unspecified atom stereocenters. The highest BCUT2D eigenvalue weighted by Gasteiger charge is 2.33. The van der Waals surface area contributed by atoms with Crippen molar-refractivity contribution in [3.63, 3.8) is 0 Å². The van der Waals surface area contributed by atoms with Crippen molar-refractivity contribution < 1.29 is 4.74 Å². The Morgan fingerprint density at radius 2 is 1.81 bits per heavy atom. The van der Waals surface area contributed by atoms with E-state index in [9.17, 15) is 0 Å². The molecule has 0 atom stereocenters. The molecule has 3 saturated heterocycles. The Bertz CT molecular complexity index is 232. The standard InChI is InChI=1S/C12H23N3O/c1-14(12-8-16-9-12)10-2-4-15(5-3-10)11-6-13-7-11/h10-13H,2-9H2,1H3. The van der Waals surface area contributed by atoms with Gasteiger partial charge in [-0.25, -0.2) is 0 Å². The number of piperidine rings is 1. The van der Waals surface area contributed by atoms with Gasteiger partial charge in [0, 0.05) is 38.3 Å². The predicted octanol–water partition coefficient (Wildman–Crippen LogP) is -0.247. The molecule has 0 aromatic rings. The van der Waals surface area contributed by atoms with Crippen molar-refractivity contribution in [1.82, 2.24) is 15.1 Å². The molecule has 3 fully saturated rings. The van der Waals surface area contributed by atoms with Crippen LogP contribution in [0.3, 0.4) is 0 Å². The average Bonchev–Trinajstić information content (AvgIpc) is 2.13. The highest BCUT2D eigenvalue weighted by molar-refractivity contribution is 4.90. The fourth-order valence-corrected chi connectivity index (χ4v) is 2.95. The van der Waals surface area contributed by atoms with Crippen LogP contribution in [0, 0.1) is 0 Å². The van der Waals surface area contributed by atoms with Crippen LogP contribution in [-0.2, 0) is 4.74 Å². The van der Waals surface area contributed by atoms with E-state index in [1.165, 1.54) is 39.0 Å². The van der Waals surface area contributed by atoms with E-state index in [2.05, 4.69) is 22.2 Å². The summed E-state index contributed by atoms with van der Waals surface area (Å²) in [7, 11) is 2.28. The molecule has 0 amide bonds. The second kappa shape index (κ2) is 4.61. The van der Waals surface area contributed by atoms with E-state index in [-0.39, 0.29) is 0 Å². The summed E-state index contributed by atoms with van der Waals surface area (Å²) in [6.07, 6.45) is 2.67. The summed E-state index contributed by atoms with van der Waals surface area (Å²) < 4.78 is 5.27. The first-order chi connectivity index (χ1) is 7.84.